The first-order chi connectivity index (χ1) is 11.3. The van der Waals surface area contributed by atoms with Crippen LogP contribution in [0.1, 0.15) is 56.0 Å². The van der Waals surface area contributed by atoms with Crippen LogP contribution < -0.4 is 4.72 Å². The molecule has 1 saturated carbocycles. The minimum Gasteiger partial charge on any atom is -0.282 e. The van der Waals surface area contributed by atoms with Crippen LogP contribution in [0.3, 0.4) is 0 Å². The summed E-state index contributed by atoms with van der Waals surface area (Å²) in [6.45, 7) is 9.49. The molecule has 0 bridgehead atoms. The highest BCUT2D eigenvalue weighted by atomic mass is 32.2. The van der Waals surface area contributed by atoms with E-state index in [1.807, 2.05) is 26.8 Å². The molecule has 24 heavy (non-hydrogen) atoms. The molecule has 0 saturated heterocycles. The molecule has 0 atom stereocenters. The van der Waals surface area contributed by atoms with Crippen LogP contribution in [0.5, 0.6) is 0 Å². The van der Waals surface area contributed by atoms with E-state index in [-0.39, 0.29) is 10.9 Å². The van der Waals surface area contributed by atoms with Gasteiger partial charge in [-0.25, -0.2) is 13.1 Å². The summed E-state index contributed by atoms with van der Waals surface area (Å²) in [7, 11) is -3.53. The molecule has 2 N–H and O–H groups in total. The number of sulfonamides is 1. The second-order valence-corrected chi connectivity index (χ2v) is 8.10. The summed E-state index contributed by atoms with van der Waals surface area (Å²) in [5.41, 5.74) is 3.86. The Hall–Kier alpha value is -1.66. The third-order valence-electron chi connectivity index (χ3n) is 4.46. The number of nitrogens with one attached hydrogen (secondary N) is 2. The number of aromatic nitrogens is 2. The van der Waals surface area contributed by atoms with Crippen LogP contribution in [-0.2, 0) is 10.0 Å². The first-order valence-corrected chi connectivity index (χ1v) is 9.88. The predicted octanol–water partition coefficient (Wildman–Crippen LogP) is 3.75. The van der Waals surface area contributed by atoms with Gasteiger partial charge in [-0.05, 0) is 51.3 Å². The molecule has 0 aliphatic heterocycles. The van der Waals surface area contributed by atoms with Crippen LogP contribution in [0, 0.1) is 13.8 Å². The van der Waals surface area contributed by atoms with Crippen molar-refractivity contribution in [1.82, 2.24) is 14.9 Å². The summed E-state index contributed by atoms with van der Waals surface area (Å²) < 4.78 is 27.9. The van der Waals surface area contributed by atoms with Gasteiger partial charge in [0.2, 0.25) is 10.0 Å². The van der Waals surface area contributed by atoms with Crippen molar-refractivity contribution in [3.05, 3.63) is 46.7 Å². The average molecular weight is 350 g/mol. The smallest absolute Gasteiger partial charge is 0.240 e. The molecule has 1 aromatic heterocycles. The van der Waals surface area contributed by atoms with E-state index in [2.05, 4.69) is 21.5 Å². The molecule has 1 fully saturated rings. The molecule has 0 aromatic carbocycles. The van der Waals surface area contributed by atoms with Crippen molar-refractivity contribution in [3.63, 3.8) is 0 Å². The lowest BCUT2D eigenvalue weighted by molar-refractivity contribution is 0.413. The summed E-state index contributed by atoms with van der Waals surface area (Å²) in [4.78, 5) is 0.200. The van der Waals surface area contributed by atoms with Gasteiger partial charge in [0.15, 0.2) is 0 Å². The highest BCUT2D eigenvalue weighted by molar-refractivity contribution is 7.93. The fourth-order valence-corrected chi connectivity index (χ4v) is 4.47. The molecule has 0 radical (unpaired) electrons. The fourth-order valence-electron chi connectivity index (χ4n) is 3.20. The van der Waals surface area contributed by atoms with Gasteiger partial charge < -0.3 is 0 Å². The standard InChI is InChI=1S/C18H27N3O2S/c1-5-17(24(22,23)21-16-9-7-6-8-10-16)12-11-13(2)18-14(3)19-20-15(18)4/h5,11-12,16,21H,1,6-10H2,2-4H3,(H,19,20)/b13-11+,17-12+. The van der Waals surface area contributed by atoms with Crippen LogP contribution in [0.25, 0.3) is 5.57 Å². The van der Waals surface area contributed by atoms with Gasteiger partial charge >= 0.3 is 0 Å². The lowest BCUT2D eigenvalue weighted by Gasteiger charge is -2.22. The minimum atomic E-state index is -3.53. The van der Waals surface area contributed by atoms with E-state index in [0.717, 1.165) is 48.2 Å². The molecule has 1 heterocycles. The summed E-state index contributed by atoms with van der Waals surface area (Å²) >= 11 is 0. The Morgan fingerprint density at radius 1 is 1.25 bits per heavy atom. The zero-order valence-electron chi connectivity index (χ0n) is 14.7. The number of allylic oxidation sites excluding steroid dienone is 4. The zero-order chi connectivity index (χ0) is 17.7. The predicted molar refractivity (Wildman–Crippen MR) is 98.9 cm³/mol. The van der Waals surface area contributed by atoms with Gasteiger partial charge in [-0.1, -0.05) is 31.9 Å². The first kappa shape index (κ1) is 18.7. The third kappa shape index (κ3) is 4.45. The summed E-state index contributed by atoms with van der Waals surface area (Å²) in [6.07, 6.45) is 9.98. The second kappa shape index (κ2) is 7.94. The quantitative estimate of drug-likeness (QED) is 0.768. The van der Waals surface area contributed by atoms with Crippen molar-refractivity contribution >= 4 is 15.6 Å². The maximum absolute atomic E-state index is 12.6. The van der Waals surface area contributed by atoms with E-state index in [0.29, 0.717) is 0 Å². The number of aryl methyl sites for hydroxylation is 2. The van der Waals surface area contributed by atoms with E-state index < -0.39 is 10.0 Å². The largest absolute Gasteiger partial charge is 0.282 e. The van der Waals surface area contributed by atoms with Crippen molar-refractivity contribution in [2.24, 2.45) is 0 Å². The van der Waals surface area contributed by atoms with Crippen LogP contribution in [0.2, 0.25) is 0 Å². The topological polar surface area (TPSA) is 74.8 Å². The van der Waals surface area contributed by atoms with E-state index in [1.165, 1.54) is 12.5 Å². The Bertz CT molecular complexity index is 732. The maximum Gasteiger partial charge on any atom is 0.240 e. The van der Waals surface area contributed by atoms with Gasteiger partial charge in [-0.2, -0.15) is 5.10 Å². The molecule has 132 valence electrons. The number of H-pyrrole nitrogens is 1. The summed E-state index contributed by atoms with van der Waals surface area (Å²) in [6, 6.07) is 0.0375. The van der Waals surface area contributed by atoms with E-state index in [1.54, 1.807) is 6.08 Å². The van der Waals surface area contributed by atoms with Crippen LogP contribution in [0.4, 0.5) is 0 Å². The van der Waals surface area contributed by atoms with Crippen LogP contribution in [0.15, 0.2) is 29.7 Å². The number of hydrogen-bond donors (Lipinski definition) is 2. The molecule has 1 aromatic rings. The molecule has 0 amide bonds. The van der Waals surface area contributed by atoms with Gasteiger partial charge in [0.05, 0.1) is 10.6 Å². The lowest BCUT2D eigenvalue weighted by atomic mass is 9.96. The Balaban J connectivity index is 2.21. The van der Waals surface area contributed by atoms with E-state index in [4.69, 9.17) is 0 Å². The Morgan fingerprint density at radius 3 is 2.46 bits per heavy atom. The Kier molecular flexibility index (Phi) is 6.18. The molecule has 0 unspecified atom stereocenters. The second-order valence-electron chi connectivity index (χ2n) is 6.39. The number of aromatic amines is 1. The third-order valence-corrected chi connectivity index (χ3v) is 6.03. The Labute approximate surface area is 145 Å². The van der Waals surface area contributed by atoms with E-state index in [9.17, 15) is 8.42 Å². The molecule has 5 nitrogen and oxygen atoms in total. The molecule has 6 heteroatoms. The first-order valence-electron chi connectivity index (χ1n) is 8.40. The van der Waals surface area contributed by atoms with Gasteiger partial charge in [0, 0.05) is 17.3 Å². The maximum atomic E-state index is 12.6. The number of nitrogens with zero attached hydrogens (tertiary/aromatic N) is 1. The Morgan fingerprint density at radius 2 is 1.92 bits per heavy atom. The van der Waals surface area contributed by atoms with Gasteiger partial charge in [-0.15, -0.1) is 0 Å². The fraction of sp³-hybridized carbons (Fsp3) is 0.500. The molecule has 1 aliphatic rings. The van der Waals surface area contributed by atoms with Crippen molar-refractivity contribution in [1.29, 1.82) is 0 Å². The van der Waals surface area contributed by atoms with Gasteiger partial charge in [0.25, 0.3) is 0 Å². The van der Waals surface area contributed by atoms with Crippen LogP contribution in [-0.4, -0.2) is 24.7 Å². The van der Waals surface area contributed by atoms with Crippen molar-refractivity contribution < 1.29 is 8.42 Å². The van der Waals surface area contributed by atoms with Crippen LogP contribution >= 0.6 is 0 Å². The van der Waals surface area contributed by atoms with Crippen molar-refractivity contribution in [2.45, 2.75) is 58.9 Å². The average Bonchev–Trinajstić information content (AvgIpc) is 2.87. The summed E-state index contributed by atoms with van der Waals surface area (Å²) in [5, 5.41) is 7.11. The van der Waals surface area contributed by atoms with E-state index >= 15 is 0 Å². The highest BCUT2D eigenvalue weighted by Crippen LogP contribution is 2.22. The zero-order valence-corrected chi connectivity index (χ0v) is 15.5. The van der Waals surface area contributed by atoms with Gasteiger partial charge in [0.1, 0.15) is 0 Å². The highest BCUT2D eigenvalue weighted by Gasteiger charge is 2.22. The molecular weight excluding hydrogens is 322 g/mol. The van der Waals surface area contributed by atoms with Crippen molar-refractivity contribution in [2.75, 3.05) is 0 Å². The normalized spacial score (nSPS) is 18.0. The molecule has 0 spiro atoms. The monoisotopic (exact) mass is 349 g/mol. The minimum absolute atomic E-state index is 0.0375. The number of hydrogen-bond acceptors (Lipinski definition) is 3. The SMILES string of the molecule is C=C/C(=C\C=C(/C)c1c(C)n[nH]c1C)S(=O)(=O)NC1CCCCC1. The van der Waals surface area contributed by atoms with Gasteiger partial charge in [-0.3, -0.25) is 5.10 Å². The lowest BCUT2D eigenvalue weighted by Crippen LogP contribution is -2.36. The molecule has 2 rings (SSSR count). The molecular formula is C18H27N3O2S. The number of rotatable bonds is 6. The van der Waals surface area contributed by atoms with Crippen molar-refractivity contribution in [3.8, 4) is 0 Å². The molecule has 1 aliphatic carbocycles. The summed E-state index contributed by atoms with van der Waals surface area (Å²) in [5.74, 6) is 0.